The van der Waals surface area contributed by atoms with Gasteiger partial charge in [-0.3, -0.25) is 4.98 Å². The van der Waals surface area contributed by atoms with E-state index in [1.54, 1.807) is 12.4 Å². The molecule has 2 nitrogen and oxygen atoms in total. The molecule has 1 rings (SSSR count). The van der Waals surface area contributed by atoms with Crippen LogP contribution < -0.4 is 5.73 Å². The van der Waals surface area contributed by atoms with E-state index in [2.05, 4.69) is 4.98 Å². The van der Waals surface area contributed by atoms with E-state index < -0.39 is 0 Å². The van der Waals surface area contributed by atoms with Crippen molar-refractivity contribution in [3.8, 4) is 0 Å². The van der Waals surface area contributed by atoms with Crippen LogP contribution in [0.3, 0.4) is 0 Å². The number of hydrogen-bond acceptors (Lipinski definition) is 2. The standard InChI is InChI=1S/C7H9ClN2/c1-5-3-10-4-7(8)6(5)2-9/h3-4H,2,9H2,1H3. The molecule has 54 valence electrons. The molecular formula is C7H9ClN2. The average molecular weight is 157 g/mol. The number of aryl methyl sites for hydroxylation is 1. The fourth-order valence-electron chi connectivity index (χ4n) is 0.817. The zero-order valence-corrected chi connectivity index (χ0v) is 6.52. The lowest BCUT2D eigenvalue weighted by Gasteiger charge is -2.02. The average Bonchev–Trinajstić information content (AvgIpc) is 1.88. The maximum atomic E-state index is 5.79. The first kappa shape index (κ1) is 7.51. The van der Waals surface area contributed by atoms with Crippen molar-refractivity contribution < 1.29 is 0 Å². The first-order valence-corrected chi connectivity index (χ1v) is 3.42. The lowest BCUT2D eigenvalue weighted by atomic mass is 10.2. The van der Waals surface area contributed by atoms with E-state index in [0.717, 1.165) is 11.1 Å². The minimum absolute atomic E-state index is 0.479. The van der Waals surface area contributed by atoms with Gasteiger partial charge >= 0.3 is 0 Å². The number of rotatable bonds is 1. The summed E-state index contributed by atoms with van der Waals surface area (Å²) in [7, 11) is 0. The number of nitrogens with two attached hydrogens (primary N) is 1. The van der Waals surface area contributed by atoms with Crippen LogP contribution in [0, 0.1) is 6.92 Å². The Morgan fingerprint density at radius 1 is 1.60 bits per heavy atom. The Labute approximate surface area is 65.0 Å². The van der Waals surface area contributed by atoms with Gasteiger partial charge in [-0.05, 0) is 18.1 Å². The molecule has 0 aliphatic carbocycles. The van der Waals surface area contributed by atoms with Crippen molar-refractivity contribution in [1.29, 1.82) is 0 Å². The van der Waals surface area contributed by atoms with E-state index in [9.17, 15) is 0 Å². The van der Waals surface area contributed by atoms with Crippen molar-refractivity contribution >= 4 is 11.6 Å². The highest BCUT2D eigenvalue weighted by atomic mass is 35.5. The Kier molecular flexibility index (Phi) is 2.25. The molecule has 0 aromatic carbocycles. The summed E-state index contributed by atoms with van der Waals surface area (Å²) >= 11 is 5.79. The molecule has 0 saturated heterocycles. The second-order valence-electron chi connectivity index (χ2n) is 2.12. The highest BCUT2D eigenvalue weighted by molar-refractivity contribution is 6.31. The van der Waals surface area contributed by atoms with E-state index in [1.807, 2.05) is 6.92 Å². The lowest BCUT2D eigenvalue weighted by Crippen LogP contribution is -2.00. The van der Waals surface area contributed by atoms with Gasteiger partial charge in [0.25, 0.3) is 0 Å². The van der Waals surface area contributed by atoms with Gasteiger partial charge in [0.05, 0.1) is 5.02 Å². The molecule has 10 heavy (non-hydrogen) atoms. The van der Waals surface area contributed by atoms with Crippen molar-refractivity contribution in [3.63, 3.8) is 0 Å². The molecule has 0 unspecified atom stereocenters. The Bertz CT molecular complexity index is 215. The maximum Gasteiger partial charge on any atom is 0.0636 e. The van der Waals surface area contributed by atoms with E-state index in [1.165, 1.54) is 0 Å². The monoisotopic (exact) mass is 156 g/mol. The van der Waals surface area contributed by atoms with Crippen LogP contribution >= 0.6 is 11.6 Å². The summed E-state index contributed by atoms with van der Waals surface area (Å²) < 4.78 is 0. The van der Waals surface area contributed by atoms with Gasteiger partial charge in [0, 0.05) is 18.9 Å². The summed E-state index contributed by atoms with van der Waals surface area (Å²) in [5.74, 6) is 0. The summed E-state index contributed by atoms with van der Waals surface area (Å²) in [5, 5.41) is 0.655. The van der Waals surface area contributed by atoms with Gasteiger partial charge < -0.3 is 5.73 Å². The molecule has 0 amide bonds. The summed E-state index contributed by atoms with van der Waals surface area (Å²) in [6, 6.07) is 0. The fraction of sp³-hybridized carbons (Fsp3) is 0.286. The molecule has 1 aromatic rings. The van der Waals surface area contributed by atoms with E-state index >= 15 is 0 Å². The minimum Gasteiger partial charge on any atom is -0.326 e. The molecule has 0 spiro atoms. The van der Waals surface area contributed by atoms with Crippen molar-refractivity contribution in [2.24, 2.45) is 5.73 Å². The predicted octanol–water partition coefficient (Wildman–Crippen LogP) is 1.50. The van der Waals surface area contributed by atoms with Crippen LogP contribution in [0.15, 0.2) is 12.4 Å². The van der Waals surface area contributed by atoms with Crippen molar-refractivity contribution in [2.75, 3.05) is 0 Å². The van der Waals surface area contributed by atoms with E-state index in [0.29, 0.717) is 11.6 Å². The molecular weight excluding hydrogens is 148 g/mol. The van der Waals surface area contributed by atoms with Crippen molar-refractivity contribution in [2.45, 2.75) is 13.5 Å². The van der Waals surface area contributed by atoms with Crippen molar-refractivity contribution in [1.82, 2.24) is 4.98 Å². The SMILES string of the molecule is Cc1cncc(Cl)c1CN. The van der Waals surface area contributed by atoms with Gasteiger partial charge in [-0.15, -0.1) is 0 Å². The van der Waals surface area contributed by atoms with Gasteiger partial charge in [-0.2, -0.15) is 0 Å². The van der Waals surface area contributed by atoms with Crippen LogP contribution in [-0.2, 0) is 6.54 Å². The van der Waals surface area contributed by atoms with Gasteiger partial charge in [0.1, 0.15) is 0 Å². The zero-order chi connectivity index (χ0) is 7.56. The number of hydrogen-bond donors (Lipinski definition) is 1. The Morgan fingerprint density at radius 3 is 2.70 bits per heavy atom. The number of halogens is 1. The van der Waals surface area contributed by atoms with E-state index in [4.69, 9.17) is 17.3 Å². The zero-order valence-electron chi connectivity index (χ0n) is 5.76. The Morgan fingerprint density at radius 2 is 2.30 bits per heavy atom. The minimum atomic E-state index is 0.479. The highest BCUT2D eigenvalue weighted by Gasteiger charge is 1.99. The van der Waals surface area contributed by atoms with Crippen LogP contribution in [0.1, 0.15) is 11.1 Å². The van der Waals surface area contributed by atoms with Crippen LogP contribution in [0.25, 0.3) is 0 Å². The molecule has 0 fully saturated rings. The van der Waals surface area contributed by atoms with Crippen LogP contribution in [0.4, 0.5) is 0 Å². The van der Waals surface area contributed by atoms with Gasteiger partial charge in [0.2, 0.25) is 0 Å². The predicted molar refractivity (Wildman–Crippen MR) is 41.9 cm³/mol. The third-order valence-corrected chi connectivity index (χ3v) is 1.75. The first-order chi connectivity index (χ1) is 4.75. The first-order valence-electron chi connectivity index (χ1n) is 3.04. The third kappa shape index (κ3) is 1.28. The summed E-state index contributed by atoms with van der Waals surface area (Å²) in [6.45, 7) is 2.42. The Hall–Kier alpha value is -0.600. The Balaban J connectivity index is 3.17. The molecule has 0 bridgehead atoms. The summed E-state index contributed by atoms with van der Waals surface area (Å²) in [6.07, 6.45) is 3.37. The fourth-order valence-corrected chi connectivity index (χ4v) is 1.10. The van der Waals surface area contributed by atoms with E-state index in [-0.39, 0.29) is 0 Å². The quantitative estimate of drug-likeness (QED) is 0.670. The molecule has 0 aliphatic rings. The van der Waals surface area contributed by atoms with Crippen LogP contribution in [0.5, 0.6) is 0 Å². The normalized spacial score (nSPS) is 9.90. The smallest absolute Gasteiger partial charge is 0.0636 e. The molecule has 0 saturated carbocycles. The number of aromatic nitrogens is 1. The third-order valence-electron chi connectivity index (χ3n) is 1.42. The molecule has 3 heteroatoms. The van der Waals surface area contributed by atoms with Gasteiger partial charge in [-0.1, -0.05) is 11.6 Å². The molecule has 0 radical (unpaired) electrons. The van der Waals surface area contributed by atoms with Crippen LogP contribution in [-0.4, -0.2) is 4.98 Å². The van der Waals surface area contributed by atoms with Crippen molar-refractivity contribution in [3.05, 3.63) is 28.5 Å². The molecule has 1 heterocycles. The second-order valence-corrected chi connectivity index (χ2v) is 2.53. The molecule has 0 atom stereocenters. The largest absolute Gasteiger partial charge is 0.326 e. The lowest BCUT2D eigenvalue weighted by molar-refractivity contribution is 1.03. The summed E-state index contributed by atoms with van der Waals surface area (Å²) in [4.78, 5) is 3.90. The molecule has 2 N–H and O–H groups in total. The molecule has 1 aromatic heterocycles. The topological polar surface area (TPSA) is 38.9 Å². The van der Waals surface area contributed by atoms with Crippen LogP contribution in [0.2, 0.25) is 5.02 Å². The molecule has 0 aliphatic heterocycles. The second kappa shape index (κ2) is 2.99. The number of pyridine rings is 1. The maximum absolute atomic E-state index is 5.79. The van der Waals surface area contributed by atoms with Gasteiger partial charge in [0.15, 0.2) is 0 Å². The highest BCUT2D eigenvalue weighted by Crippen LogP contribution is 2.16. The van der Waals surface area contributed by atoms with Gasteiger partial charge in [-0.25, -0.2) is 0 Å². The number of nitrogens with zero attached hydrogens (tertiary/aromatic N) is 1. The summed E-state index contributed by atoms with van der Waals surface area (Å²) in [5.41, 5.74) is 7.47.